The van der Waals surface area contributed by atoms with Gasteiger partial charge in [0.05, 0.1) is 18.1 Å². The average molecular weight is 310 g/mol. The lowest BCUT2D eigenvalue weighted by atomic mass is 9.99. The van der Waals surface area contributed by atoms with E-state index in [-0.39, 0.29) is 17.8 Å². The summed E-state index contributed by atoms with van der Waals surface area (Å²) in [6, 6.07) is 1.82. The Morgan fingerprint density at radius 2 is 2.29 bits per heavy atom. The van der Waals surface area contributed by atoms with Crippen LogP contribution in [0.15, 0.2) is 6.07 Å². The van der Waals surface area contributed by atoms with Gasteiger partial charge in [-0.05, 0) is 38.8 Å². The highest BCUT2D eigenvalue weighted by molar-refractivity contribution is 7.16. The van der Waals surface area contributed by atoms with Crippen LogP contribution in [0.3, 0.4) is 0 Å². The first-order chi connectivity index (χ1) is 10.2. The Labute approximate surface area is 129 Å². The third-order valence-corrected chi connectivity index (χ3v) is 4.73. The van der Waals surface area contributed by atoms with Crippen molar-refractivity contribution in [2.45, 2.75) is 33.1 Å². The summed E-state index contributed by atoms with van der Waals surface area (Å²) in [6.45, 7) is 5.80. The van der Waals surface area contributed by atoms with Crippen LogP contribution in [0.25, 0.3) is 0 Å². The molecule has 6 heteroatoms. The van der Waals surface area contributed by atoms with Crippen molar-refractivity contribution >= 4 is 28.2 Å². The number of hydrogen-bond donors (Lipinski definition) is 2. The summed E-state index contributed by atoms with van der Waals surface area (Å²) in [5.74, 6) is -0.413. The highest BCUT2D eigenvalue weighted by Crippen LogP contribution is 2.30. The molecular formula is C15H22N2O3S. The van der Waals surface area contributed by atoms with E-state index in [4.69, 9.17) is 4.74 Å². The van der Waals surface area contributed by atoms with Crippen molar-refractivity contribution in [2.75, 3.05) is 25.0 Å². The Kier molecular flexibility index (Phi) is 5.76. The van der Waals surface area contributed by atoms with Gasteiger partial charge in [-0.2, -0.15) is 0 Å². The van der Waals surface area contributed by atoms with Crippen LogP contribution < -0.4 is 10.6 Å². The number of carbonyl (C=O) groups is 2. The largest absolute Gasteiger partial charge is 0.462 e. The van der Waals surface area contributed by atoms with Crippen LogP contribution >= 0.6 is 11.3 Å². The van der Waals surface area contributed by atoms with Crippen LogP contribution in [-0.2, 0) is 16.0 Å². The number of hydrogen-bond acceptors (Lipinski definition) is 5. The molecule has 0 aliphatic carbocycles. The summed E-state index contributed by atoms with van der Waals surface area (Å²) in [5.41, 5.74) is 0.468. The van der Waals surface area contributed by atoms with Gasteiger partial charge in [0.15, 0.2) is 0 Å². The molecule has 2 rings (SSSR count). The van der Waals surface area contributed by atoms with E-state index >= 15 is 0 Å². The average Bonchev–Trinajstić information content (AvgIpc) is 2.91. The first-order valence-electron chi connectivity index (χ1n) is 7.47. The number of aryl methyl sites for hydroxylation is 1. The molecular weight excluding hydrogens is 288 g/mol. The summed E-state index contributed by atoms with van der Waals surface area (Å²) in [6.07, 6.45) is 2.73. The normalized spacial score (nSPS) is 18.3. The van der Waals surface area contributed by atoms with E-state index in [1.807, 2.05) is 13.0 Å². The lowest BCUT2D eigenvalue weighted by Crippen LogP contribution is -2.37. The Morgan fingerprint density at radius 3 is 2.90 bits per heavy atom. The summed E-state index contributed by atoms with van der Waals surface area (Å²) in [7, 11) is 0. The molecule has 0 aromatic carbocycles. The zero-order valence-electron chi connectivity index (χ0n) is 12.5. The van der Waals surface area contributed by atoms with Gasteiger partial charge in [0.2, 0.25) is 5.91 Å². The second-order valence-corrected chi connectivity index (χ2v) is 6.20. The Hall–Kier alpha value is -1.40. The van der Waals surface area contributed by atoms with Crippen LogP contribution in [0.4, 0.5) is 5.00 Å². The second kappa shape index (κ2) is 7.56. The van der Waals surface area contributed by atoms with Crippen LogP contribution in [0.5, 0.6) is 0 Å². The molecule has 1 amide bonds. The Morgan fingerprint density at radius 1 is 1.48 bits per heavy atom. The number of esters is 1. The molecule has 2 heterocycles. The zero-order valence-corrected chi connectivity index (χ0v) is 13.3. The summed E-state index contributed by atoms with van der Waals surface area (Å²) in [4.78, 5) is 25.3. The van der Waals surface area contributed by atoms with Gasteiger partial charge in [0.25, 0.3) is 0 Å². The fourth-order valence-electron chi connectivity index (χ4n) is 2.36. The maximum absolute atomic E-state index is 12.3. The van der Waals surface area contributed by atoms with Crippen LogP contribution in [0.1, 0.15) is 41.9 Å². The minimum Gasteiger partial charge on any atom is -0.462 e. The number of piperidine rings is 1. The van der Waals surface area contributed by atoms with Gasteiger partial charge in [-0.15, -0.1) is 11.3 Å². The molecule has 0 bridgehead atoms. The van der Waals surface area contributed by atoms with E-state index in [0.717, 1.165) is 30.7 Å². The molecule has 1 aliphatic rings. The summed E-state index contributed by atoms with van der Waals surface area (Å²) >= 11 is 1.45. The lowest BCUT2D eigenvalue weighted by molar-refractivity contribution is -0.120. The van der Waals surface area contributed by atoms with E-state index < -0.39 is 0 Å². The Balaban J connectivity index is 2.12. The topological polar surface area (TPSA) is 67.4 Å². The maximum Gasteiger partial charge on any atom is 0.341 e. The number of nitrogens with one attached hydrogen (secondary N) is 2. The van der Waals surface area contributed by atoms with Crippen LogP contribution in [0.2, 0.25) is 0 Å². The minimum absolute atomic E-state index is 0.0164. The summed E-state index contributed by atoms with van der Waals surface area (Å²) in [5, 5.41) is 6.75. The standard InChI is InChI=1S/C15H22N2O3S/c1-3-11-8-12(15(19)20-4-2)14(21-11)17-13(18)10-6-5-7-16-9-10/h8,10,16H,3-7,9H2,1-2H3,(H,17,18)/t10-/m1/s1. The van der Waals surface area contributed by atoms with E-state index in [1.165, 1.54) is 11.3 Å². The van der Waals surface area contributed by atoms with E-state index in [2.05, 4.69) is 10.6 Å². The fraction of sp³-hybridized carbons (Fsp3) is 0.600. The molecule has 1 aromatic rings. The molecule has 21 heavy (non-hydrogen) atoms. The van der Waals surface area contributed by atoms with E-state index in [9.17, 15) is 9.59 Å². The van der Waals surface area contributed by atoms with Crippen molar-refractivity contribution < 1.29 is 14.3 Å². The zero-order chi connectivity index (χ0) is 15.2. The molecule has 2 N–H and O–H groups in total. The van der Waals surface area contributed by atoms with Gasteiger partial charge >= 0.3 is 5.97 Å². The van der Waals surface area contributed by atoms with Gasteiger partial charge in [0, 0.05) is 11.4 Å². The molecule has 0 unspecified atom stereocenters. The molecule has 1 aromatic heterocycles. The van der Waals surface area contributed by atoms with Gasteiger partial charge in [-0.3, -0.25) is 4.79 Å². The highest BCUT2D eigenvalue weighted by Gasteiger charge is 2.24. The molecule has 0 spiro atoms. The third kappa shape index (κ3) is 4.04. The predicted octanol–water partition coefficient (Wildman–Crippen LogP) is 2.43. The molecule has 0 saturated carbocycles. The van der Waals surface area contributed by atoms with Crippen LogP contribution in [0, 0.1) is 5.92 Å². The van der Waals surface area contributed by atoms with E-state index in [0.29, 0.717) is 23.7 Å². The fourth-order valence-corrected chi connectivity index (χ4v) is 3.35. The third-order valence-electron chi connectivity index (χ3n) is 3.53. The van der Waals surface area contributed by atoms with Crippen molar-refractivity contribution in [3.63, 3.8) is 0 Å². The second-order valence-electron chi connectivity index (χ2n) is 5.06. The number of thiophene rings is 1. The van der Waals surface area contributed by atoms with Crippen molar-refractivity contribution in [2.24, 2.45) is 5.92 Å². The SMILES string of the molecule is CCOC(=O)c1cc(CC)sc1NC(=O)[C@@H]1CCCNC1. The molecule has 5 nitrogen and oxygen atoms in total. The quantitative estimate of drug-likeness (QED) is 0.820. The number of ether oxygens (including phenoxy) is 1. The smallest absolute Gasteiger partial charge is 0.341 e. The number of anilines is 1. The van der Waals surface area contributed by atoms with Crippen molar-refractivity contribution in [3.05, 3.63) is 16.5 Å². The van der Waals surface area contributed by atoms with Crippen molar-refractivity contribution in [1.29, 1.82) is 0 Å². The minimum atomic E-state index is -0.370. The van der Waals surface area contributed by atoms with Gasteiger partial charge < -0.3 is 15.4 Å². The van der Waals surface area contributed by atoms with Gasteiger partial charge in [-0.1, -0.05) is 6.92 Å². The van der Waals surface area contributed by atoms with Gasteiger partial charge in [0.1, 0.15) is 5.00 Å². The van der Waals surface area contributed by atoms with Crippen LogP contribution in [-0.4, -0.2) is 31.6 Å². The van der Waals surface area contributed by atoms with Gasteiger partial charge in [-0.25, -0.2) is 4.79 Å². The Bertz CT molecular complexity index is 507. The number of carbonyl (C=O) groups excluding carboxylic acids is 2. The lowest BCUT2D eigenvalue weighted by Gasteiger charge is -2.21. The molecule has 1 saturated heterocycles. The number of amides is 1. The predicted molar refractivity (Wildman–Crippen MR) is 83.9 cm³/mol. The first kappa shape index (κ1) is 16.0. The number of rotatable bonds is 5. The first-order valence-corrected chi connectivity index (χ1v) is 8.28. The molecule has 1 fully saturated rings. The molecule has 0 radical (unpaired) electrons. The highest BCUT2D eigenvalue weighted by atomic mass is 32.1. The maximum atomic E-state index is 12.3. The molecule has 1 atom stereocenters. The summed E-state index contributed by atoms with van der Waals surface area (Å²) < 4.78 is 5.06. The molecule has 1 aliphatic heterocycles. The van der Waals surface area contributed by atoms with Crippen molar-refractivity contribution in [3.8, 4) is 0 Å². The molecule has 116 valence electrons. The van der Waals surface area contributed by atoms with Crippen molar-refractivity contribution in [1.82, 2.24) is 5.32 Å². The van der Waals surface area contributed by atoms with E-state index in [1.54, 1.807) is 6.92 Å². The monoisotopic (exact) mass is 310 g/mol.